The molecule has 40 heavy (non-hydrogen) atoms. The molecule has 1 aliphatic rings. The van der Waals surface area contributed by atoms with Crippen molar-refractivity contribution in [3.05, 3.63) is 88.4 Å². The van der Waals surface area contributed by atoms with E-state index in [1.165, 1.54) is 30.5 Å². The van der Waals surface area contributed by atoms with Gasteiger partial charge in [0.05, 0.1) is 41.7 Å². The molecule has 0 aliphatic carbocycles. The number of amides is 1. The first-order valence-electron chi connectivity index (χ1n) is 12.6. The molecule has 1 atom stereocenters. The number of aliphatic hydroxyl groups excluding tert-OH is 1. The first-order valence-corrected chi connectivity index (χ1v) is 13.4. The number of fused-ring (bicyclic) bond motifs is 2. The number of methoxy groups -OCH3 is 2. The van der Waals surface area contributed by atoms with Gasteiger partial charge >= 0.3 is 5.91 Å². The van der Waals surface area contributed by atoms with Crippen LogP contribution in [0.5, 0.6) is 11.5 Å². The molecule has 0 radical (unpaired) electrons. The first kappa shape index (κ1) is 25.6. The fourth-order valence-corrected chi connectivity index (χ4v) is 6.26. The van der Waals surface area contributed by atoms with Crippen LogP contribution in [0.1, 0.15) is 34.1 Å². The van der Waals surface area contributed by atoms with E-state index in [9.17, 15) is 14.7 Å². The van der Waals surface area contributed by atoms with Gasteiger partial charge in [0.2, 0.25) is 0 Å². The number of ether oxygens (including phenoxy) is 2. The molecule has 1 unspecified atom stereocenters. The number of hydrogen-bond acceptors (Lipinski definition) is 8. The van der Waals surface area contributed by atoms with Gasteiger partial charge in [0, 0.05) is 6.20 Å². The highest BCUT2D eigenvalue weighted by Gasteiger charge is 2.49. The largest absolute Gasteiger partial charge is 0.505 e. The number of hydrogen-bond donors (Lipinski definition) is 1. The van der Waals surface area contributed by atoms with E-state index in [1.807, 2.05) is 61.7 Å². The molecule has 1 aliphatic heterocycles. The number of anilines is 1. The van der Waals surface area contributed by atoms with Gasteiger partial charge in [0.25, 0.3) is 5.78 Å². The SMILES string of the molecule is COc1ccc(C2/C(=C(\O)c3nc4c(C)cccn4c3C)C(=O)C(=O)N2c2nc3ccc(C)cc3s2)cc1OC. The van der Waals surface area contributed by atoms with Gasteiger partial charge in [-0.3, -0.25) is 14.5 Å². The molecular weight excluding hydrogens is 528 g/mol. The highest BCUT2D eigenvalue weighted by molar-refractivity contribution is 7.22. The van der Waals surface area contributed by atoms with Gasteiger partial charge in [-0.15, -0.1) is 0 Å². The lowest BCUT2D eigenvalue weighted by Gasteiger charge is -2.23. The van der Waals surface area contributed by atoms with E-state index in [0.29, 0.717) is 39.1 Å². The smallest absolute Gasteiger partial charge is 0.301 e. The minimum absolute atomic E-state index is 0.0724. The number of pyridine rings is 1. The Hall–Kier alpha value is -4.70. The lowest BCUT2D eigenvalue weighted by molar-refractivity contribution is -0.132. The maximum absolute atomic E-state index is 13.7. The summed E-state index contributed by atoms with van der Waals surface area (Å²) in [7, 11) is 3.04. The number of thiazole rings is 1. The molecule has 1 N–H and O–H groups in total. The molecule has 0 saturated carbocycles. The minimum atomic E-state index is -0.980. The van der Waals surface area contributed by atoms with Crippen LogP contribution in [-0.4, -0.2) is 45.4 Å². The van der Waals surface area contributed by atoms with Crippen LogP contribution in [0.15, 0.2) is 60.3 Å². The third-order valence-electron chi connectivity index (χ3n) is 7.21. The first-order chi connectivity index (χ1) is 19.2. The molecule has 1 fully saturated rings. The Morgan fingerprint density at radius 1 is 0.975 bits per heavy atom. The molecule has 5 aromatic rings. The fourth-order valence-electron chi connectivity index (χ4n) is 5.16. The Balaban J connectivity index is 1.61. The Bertz CT molecular complexity index is 1890. The third kappa shape index (κ3) is 3.83. The second-order valence-electron chi connectivity index (χ2n) is 9.68. The molecule has 1 saturated heterocycles. The predicted octanol–water partition coefficient (Wildman–Crippen LogP) is 5.51. The number of benzene rings is 2. The van der Waals surface area contributed by atoms with E-state index in [-0.39, 0.29) is 17.0 Å². The van der Waals surface area contributed by atoms with Crippen molar-refractivity contribution in [2.75, 3.05) is 19.1 Å². The number of nitrogens with zero attached hydrogens (tertiary/aromatic N) is 4. The number of imidazole rings is 1. The predicted molar refractivity (Wildman–Crippen MR) is 153 cm³/mol. The summed E-state index contributed by atoms with van der Waals surface area (Å²) in [6.45, 7) is 5.71. The van der Waals surface area contributed by atoms with Crippen molar-refractivity contribution in [2.45, 2.75) is 26.8 Å². The average molecular weight is 555 g/mol. The van der Waals surface area contributed by atoms with Crippen LogP contribution in [0.25, 0.3) is 21.6 Å². The van der Waals surface area contributed by atoms with Crippen molar-refractivity contribution in [1.29, 1.82) is 0 Å². The van der Waals surface area contributed by atoms with Crippen LogP contribution < -0.4 is 14.4 Å². The number of carbonyl (C=O) groups excluding carboxylic acids is 2. The lowest BCUT2D eigenvalue weighted by atomic mass is 9.96. The molecule has 10 heteroatoms. The Morgan fingerprint density at radius 3 is 2.48 bits per heavy atom. The number of ketones is 1. The number of carbonyl (C=O) groups is 2. The van der Waals surface area contributed by atoms with E-state index >= 15 is 0 Å². The summed E-state index contributed by atoms with van der Waals surface area (Å²) in [5.41, 5.74) is 4.68. The summed E-state index contributed by atoms with van der Waals surface area (Å²) in [5.74, 6) is -1.04. The van der Waals surface area contributed by atoms with Gasteiger partial charge in [0.1, 0.15) is 11.3 Å². The highest BCUT2D eigenvalue weighted by atomic mass is 32.1. The molecular formula is C30H26N4O5S. The summed E-state index contributed by atoms with van der Waals surface area (Å²) in [6.07, 6.45) is 1.84. The summed E-state index contributed by atoms with van der Waals surface area (Å²) in [6, 6.07) is 13.8. The summed E-state index contributed by atoms with van der Waals surface area (Å²) in [4.78, 5) is 38.1. The van der Waals surface area contributed by atoms with Gasteiger partial charge in [0.15, 0.2) is 22.4 Å². The molecule has 3 aromatic heterocycles. The zero-order valence-electron chi connectivity index (χ0n) is 22.6. The topological polar surface area (TPSA) is 106 Å². The Kier molecular flexibility index (Phi) is 6.07. The molecule has 0 bridgehead atoms. The Labute approximate surface area is 233 Å². The maximum atomic E-state index is 13.7. The third-order valence-corrected chi connectivity index (χ3v) is 8.23. The van der Waals surface area contributed by atoms with Gasteiger partial charge in [-0.2, -0.15) is 0 Å². The van der Waals surface area contributed by atoms with Crippen molar-refractivity contribution in [3.63, 3.8) is 0 Å². The van der Waals surface area contributed by atoms with Crippen LogP contribution >= 0.6 is 11.3 Å². The summed E-state index contributed by atoms with van der Waals surface area (Å²) in [5, 5.41) is 12.1. The number of aryl methyl sites for hydroxylation is 3. The second-order valence-corrected chi connectivity index (χ2v) is 10.7. The van der Waals surface area contributed by atoms with Gasteiger partial charge < -0.3 is 19.0 Å². The van der Waals surface area contributed by atoms with Crippen molar-refractivity contribution in [3.8, 4) is 11.5 Å². The van der Waals surface area contributed by atoms with Crippen molar-refractivity contribution in [1.82, 2.24) is 14.4 Å². The zero-order chi connectivity index (χ0) is 28.3. The lowest BCUT2D eigenvalue weighted by Crippen LogP contribution is -2.29. The van der Waals surface area contributed by atoms with Gasteiger partial charge in [-0.1, -0.05) is 29.5 Å². The van der Waals surface area contributed by atoms with E-state index < -0.39 is 17.7 Å². The van der Waals surface area contributed by atoms with E-state index in [4.69, 9.17) is 14.5 Å². The number of aliphatic hydroxyl groups is 1. The van der Waals surface area contributed by atoms with Gasteiger partial charge in [-0.25, -0.2) is 9.97 Å². The highest BCUT2D eigenvalue weighted by Crippen LogP contribution is 2.46. The van der Waals surface area contributed by atoms with Crippen LogP contribution in [0.2, 0.25) is 0 Å². The average Bonchev–Trinajstić information content (AvgIpc) is 3.60. The van der Waals surface area contributed by atoms with E-state index in [2.05, 4.69) is 4.98 Å². The van der Waals surface area contributed by atoms with Crippen LogP contribution in [0.3, 0.4) is 0 Å². The second kappa shape index (κ2) is 9.49. The molecule has 4 heterocycles. The molecule has 9 nitrogen and oxygen atoms in total. The van der Waals surface area contributed by atoms with Crippen molar-refractivity contribution in [2.24, 2.45) is 0 Å². The number of Topliss-reactive ketones (excluding diaryl/α,β-unsaturated/α-hetero) is 1. The molecule has 2 aromatic carbocycles. The molecule has 6 rings (SSSR count). The molecule has 0 spiro atoms. The fraction of sp³-hybridized carbons (Fsp3) is 0.200. The summed E-state index contributed by atoms with van der Waals surface area (Å²) >= 11 is 1.31. The van der Waals surface area contributed by atoms with E-state index in [0.717, 1.165) is 15.8 Å². The van der Waals surface area contributed by atoms with Crippen LogP contribution in [0, 0.1) is 20.8 Å². The van der Waals surface area contributed by atoms with Crippen molar-refractivity contribution >= 4 is 49.8 Å². The summed E-state index contributed by atoms with van der Waals surface area (Å²) < 4.78 is 13.7. The van der Waals surface area contributed by atoms with Crippen LogP contribution in [-0.2, 0) is 9.59 Å². The van der Waals surface area contributed by atoms with E-state index in [1.54, 1.807) is 18.2 Å². The maximum Gasteiger partial charge on any atom is 0.301 e. The Morgan fingerprint density at radius 2 is 1.75 bits per heavy atom. The quantitative estimate of drug-likeness (QED) is 0.173. The van der Waals surface area contributed by atoms with Crippen LogP contribution in [0.4, 0.5) is 5.13 Å². The monoisotopic (exact) mass is 554 g/mol. The van der Waals surface area contributed by atoms with Crippen molar-refractivity contribution < 1.29 is 24.2 Å². The molecule has 202 valence electrons. The zero-order valence-corrected chi connectivity index (χ0v) is 23.4. The molecule has 1 amide bonds. The number of rotatable bonds is 5. The standard InChI is InChI=1S/C30H26N4O5S/c1-15-8-10-19-22(13-15)40-30(31-19)34-25(18-9-11-20(38-4)21(14-18)39-5)23(27(36)29(34)37)26(35)24-17(3)33-12-6-7-16(2)28(33)32-24/h6-14,25,35H,1-5H3/b26-23+. The normalized spacial score (nSPS) is 16.8. The minimum Gasteiger partial charge on any atom is -0.505 e. The number of aromatic nitrogens is 3. The van der Waals surface area contributed by atoms with Gasteiger partial charge in [-0.05, 0) is 67.8 Å².